The third-order valence-corrected chi connectivity index (χ3v) is 9.55. The van der Waals surface area contributed by atoms with Crippen LogP contribution in [0.15, 0.2) is 0 Å². The summed E-state index contributed by atoms with van der Waals surface area (Å²) in [5, 5.41) is 0. The second-order valence-corrected chi connectivity index (χ2v) is 12.9. The van der Waals surface area contributed by atoms with Gasteiger partial charge in [0.1, 0.15) is 0 Å². The summed E-state index contributed by atoms with van der Waals surface area (Å²) in [6, 6.07) is 0. The van der Waals surface area contributed by atoms with Gasteiger partial charge >= 0.3 is 32.7 Å². The van der Waals surface area contributed by atoms with E-state index in [0.29, 0.717) is 5.92 Å². The summed E-state index contributed by atoms with van der Waals surface area (Å²) in [5.74, 6) is 7.59. The first-order valence-corrected chi connectivity index (χ1v) is 17.1. The van der Waals surface area contributed by atoms with Crippen molar-refractivity contribution >= 4 is 0 Å². The number of hydrogen-bond donors (Lipinski definition) is 0. The van der Waals surface area contributed by atoms with E-state index in [1.165, 1.54) is 96.3 Å². The second-order valence-electron chi connectivity index (χ2n) is 12.9. The van der Waals surface area contributed by atoms with Crippen LogP contribution in [0.4, 0.5) is 0 Å². The third kappa shape index (κ3) is 28.3. The fourth-order valence-electron chi connectivity index (χ4n) is 6.82. The van der Waals surface area contributed by atoms with E-state index in [2.05, 4.69) is 89.5 Å². The average molecular weight is 657 g/mol. The first-order valence-electron chi connectivity index (χ1n) is 17.1. The molecule has 2 saturated carbocycles. The second kappa shape index (κ2) is 37.3. The minimum absolute atomic E-state index is 0. The van der Waals surface area contributed by atoms with Crippen LogP contribution in [0.3, 0.4) is 0 Å². The van der Waals surface area contributed by atoms with Crippen molar-refractivity contribution in [2.75, 3.05) is 0 Å². The number of hydrogen-bond acceptors (Lipinski definition) is 0. The molecule has 2 aliphatic carbocycles. The zero-order valence-corrected chi connectivity index (χ0v) is 31.3. The molecule has 2 fully saturated rings. The molecule has 0 nitrogen and oxygen atoms in total. The van der Waals surface area contributed by atoms with E-state index in [9.17, 15) is 0 Å². The maximum Gasteiger partial charge on any atom is 3.00 e. The minimum Gasteiger partial charge on any atom is -0.343 e. The van der Waals surface area contributed by atoms with Crippen LogP contribution in [0.1, 0.15) is 194 Å². The van der Waals surface area contributed by atoms with Crippen LogP contribution in [0, 0.1) is 67.6 Å². The van der Waals surface area contributed by atoms with Gasteiger partial charge in [0, 0.05) is 0 Å². The molecular formula is C40H87Y. The standard InChI is InChI=1S/2C12H24.C9H18.C4H9.3CH4.Y/c1-4-7-11-9-6-8-10(3)12(11)5-2;1-4-6-12-8-10(3)7-11(5-2)9-12;1-5-7-9(4)8(3)6-2;1-3-4-2;;;;/h2*10-12H,4-9H2,1-3H3;8-9H,1,4-7H2,2-3H3;3H,4H2,1-2H3;3*1H4;/q;;-2;-1;;;;+3. The molecule has 0 aromatic heterocycles. The Morgan fingerprint density at radius 2 is 1.34 bits per heavy atom. The molecule has 0 bridgehead atoms. The SMILES string of the molecule is C.C.C.CCCC1CC(C)CC(CC)C1.CCCC1CCCC(C)C1CC.C[CH-]CC.[CH2-]CCC([CH2-])C(C)CC.[Y+3]. The van der Waals surface area contributed by atoms with Crippen LogP contribution >= 0.6 is 0 Å². The van der Waals surface area contributed by atoms with E-state index < -0.39 is 0 Å². The predicted octanol–water partition coefficient (Wildman–Crippen LogP) is 15.1. The Labute approximate surface area is 292 Å². The maximum atomic E-state index is 4.06. The van der Waals surface area contributed by atoms with Crippen molar-refractivity contribution in [1.82, 2.24) is 0 Å². The Bertz CT molecular complexity index is 442. The Balaban J connectivity index is -0.000000101. The van der Waals surface area contributed by atoms with Gasteiger partial charge in [-0.15, -0.1) is 6.42 Å². The fourth-order valence-corrected chi connectivity index (χ4v) is 6.82. The van der Waals surface area contributed by atoms with Gasteiger partial charge in [-0.1, -0.05) is 155 Å². The van der Waals surface area contributed by atoms with E-state index in [1.807, 2.05) is 0 Å². The molecule has 0 radical (unpaired) electrons. The molecule has 8 atom stereocenters. The zero-order valence-electron chi connectivity index (χ0n) is 28.5. The average Bonchev–Trinajstić information content (AvgIpc) is 2.89. The molecule has 0 saturated heterocycles. The summed E-state index contributed by atoms with van der Waals surface area (Å²) in [6.45, 7) is 30.8. The summed E-state index contributed by atoms with van der Waals surface area (Å²) in [4.78, 5) is 0. The van der Waals surface area contributed by atoms with Crippen molar-refractivity contribution in [3.63, 3.8) is 0 Å². The quantitative estimate of drug-likeness (QED) is 0.194. The third-order valence-electron chi connectivity index (χ3n) is 9.55. The maximum absolute atomic E-state index is 4.06. The van der Waals surface area contributed by atoms with Crippen molar-refractivity contribution in [3.8, 4) is 0 Å². The number of unbranched alkanes of at least 4 members (excludes halogenated alkanes) is 1. The molecule has 1 heteroatoms. The van der Waals surface area contributed by atoms with Gasteiger partial charge in [-0.2, -0.15) is 25.7 Å². The fraction of sp³-hybridized carbons (Fsp3) is 0.925. The first kappa shape index (κ1) is 54.6. The van der Waals surface area contributed by atoms with Gasteiger partial charge in [-0.05, 0) is 54.8 Å². The van der Waals surface area contributed by atoms with Crippen LogP contribution in [0.2, 0.25) is 0 Å². The molecule has 0 aromatic carbocycles. The molecule has 250 valence electrons. The molecule has 0 amide bonds. The number of rotatable bonds is 11. The molecule has 0 N–H and O–H groups in total. The zero-order chi connectivity index (χ0) is 28.6. The first-order chi connectivity index (χ1) is 17.7. The smallest absolute Gasteiger partial charge is 0.343 e. The Kier molecular flexibility index (Phi) is 49.6. The van der Waals surface area contributed by atoms with Gasteiger partial charge < -0.3 is 20.3 Å². The molecule has 2 rings (SSSR count). The van der Waals surface area contributed by atoms with E-state index >= 15 is 0 Å². The summed E-state index contributed by atoms with van der Waals surface area (Å²) in [6.07, 6.45) is 24.3. The van der Waals surface area contributed by atoms with Crippen molar-refractivity contribution < 1.29 is 32.7 Å². The Morgan fingerprint density at radius 1 is 0.805 bits per heavy atom. The molecule has 0 aromatic rings. The Morgan fingerprint density at radius 3 is 1.76 bits per heavy atom. The Hall–Kier alpha value is 1.10. The van der Waals surface area contributed by atoms with Gasteiger partial charge in [0.2, 0.25) is 0 Å². The van der Waals surface area contributed by atoms with Crippen LogP contribution < -0.4 is 0 Å². The summed E-state index contributed by atoms with van der Waals surface area (Å²) in [7, 11) is 0. The van der Waals surface area contributed by atoms with Gasteiger partial charge in [0.05, 0.1) is 0 Å². The van der Waals surface area contributed by atoms with Crippen molar-refractivity contribution in [3.05, 3.63) is 20.3 Å². The normalized spacial score (nSPS) is 26.0. The van der Waals surface area contributed by atoms with E-state index in [1.54, 1.807) is 0 Å². The summed E-state index contributed by atoms with van der Waals surface area (Å²) in [5.41, 5.74) is 0. The minimum atomic E-state index is 0. The van der Waals surface area contributed by atoms with Crippen LogP contribution in [-0.2, 0) is 32.7 Å². The van der Waals surface area contributed by atoms with Crippen molar-refractivity contribution in [2.24, 2.45) is 47.3 Å². The molecule has 0 aliphatic heterocycles. The molecule has 8 unspecified atom stereocenters. The van der Waals surface area contributed by atoms with Gasteiger partial charge in [0.15, 0.2) is 0 Å². The monoisotopic (exact) mass is 657 g/mol. The van der Waals surface area contributed by atoms with E-state index in [0.717, 1.165) is 47.8 Å². The molecule has 2 aliphatic rings. The molecular weight excluding hydrogens is 569 g/mol. The van der Waals surface area contributed by atoms with Crippen molar-refractivity contribution in [1.29, 1.82) is 0 Å². The van der Waals surface area contributed by atoms with Crippen LogP contribution in [0.25, 0.3) is 0 Å². The summed E-state index contributed by atoms with van der Waals surface area (Å²) >= 11 is 0. The van der Waals surface area contributed by atoms with Gasteiger partial charge in [-0.25, -0.2) is 0 Å². The van der Waals surface area contributed by atoms with Gasteiger partial charge in [-0.3, -0.25) is 0 Å². The van der Waals surface area contributed by atoms with E-state index in [4.69, 9.17) is 0 Å². The predicted molar refractivity (Wildman–Crippen MR) is 194 cm³/mol. The molecule has 0 heterocycles. The largest absolute Gasteiger partial charge is 3.00 e. The topological polar surface area (TPSA) is 0 Å². The van der Waals surface area contributed by atoms with Crippen LogP contribution in [0.5, 0.6) is 0 Å². The van der Waals surface area contributed by atoms with Crippen LogP contribution in [-0.4, -0.2) is 0 Å². The van der Waals surface area contributed by atoms with E-state index in [-0.39, 0.29) is 55.0 Å². The molecule has 41 heavy (non-hydrogen) atoms. The van der Waals surface area contributed by atoms with Crippen molar-refractivity contribution in [2.45, 2.75) is 194 Å². The molecule has 0 spiro atoms. The van der Waals surface area contributed by atoms with Gasteiger partial charge in [0.25, 0.3) is 0 Å². The summed E-state index contributed by atoms with van der Waals surface area (Å²) < 4.78 is 0.